The van der Waals surface area contributed by atoms with Gasteiger partial charge in [-0.25, -0.2) is 0 Å². The Hall–Kier alpha value is -1.64. The van der Waals surface area contributed by atoms with E-state index in [9.17, 15) is 9.59 Å². The molecule has 3 nitrogen and oxygen atoms in total. The molecule has 1 aromatic carbocycles. The van der Waals surface area contributed by atoms with Gasteiger partial charge in [-0.1, -0.05) is 32.0 Å². The van der Waals surface area contributed by atoms with E-state index in [-0.39, 0.29) is 5.78 Å². The minimum Gasteiger partial charge on any atom is -0.305 e. The van der Waals surface area contributed by atoms with E-state index in [4.69, 9.17) is 0 Å². The molecule has 0 spiro atoms. The van der Waals surface area contributed by atoms with Crippen LogP contribution in [0.3, 0.4) is 0 Å². The zero-order chi connectivity index (χ0) is 11.1. The van der Waals surface area contributed by atoms with Gasteiger partial charge in [-0.15, -0.1) is 0 Å². The summed E-state index contributed by atoms with van der Waals surface area (Å²) >= 11 is 0. The first-order chi connectivity index (χ1) is 7.02. The van der Waals surface area contributed by atoms with Crippen molar-refractivity contribution in [1.82, 2.24) is 0 Å². The number of benzene rings is 1. The summed E-state index contributed by atoms with van der Waals surface area (Å²) in [5, 5.41) is 0. The van der Waals surface area contributed by atoms with Gasteiger partial charge in [-0.2, -0.15) is 0 Å². The maximum absolute atomic E-state index is 11.7. The number of rotatable bonds is 1. The summed E-state index contributed by atoms with van der Waals surface area (Å²) in [7, 11) is 0. The molecule has 0 atom stereocenters. The van der Waals surface area contributed by atoms with E-state index < -0.39 is 11.3 Å². The fourth-order valence-corrected chi connectivity index (χ4v) is 1.77. The highest BCUT2D eigenvalue weighted by Gasteiger charge is 2.45. The topological polar surface area (TPSA) is 37.4 Å². The van der Waals surface area contributed by atoms with E-state index in [2.05, 4.69) is 0 Å². The molecule has 1 heterocycles. The van der Waals surface area contributed by atoms with E-state index >= 15 is 0 Å². The van der Waals surface area contributed by atoms with Crippen LogP contribution in [0.5, 0.6) is 0 Å². The highest BCUT2D eigenvalue weighted by Crippen LogP contribution is 2.30. The third-order valence-corrected chi connectivity index (χ3v) is 2.68. The summed E-state index contributed by atoms with van der Waals surface area (Å²) < 4.78 is 0. The van der Waals surface area contributed by atoms with E-state index in [1.807, 2.05) is 30.3 Å². The molecule has 0 aromatic heterocycles. The third kappa shape index (κ3) is 1.54. The van der Waals surface area contributed by atoms with Gasteiger partial charge in [0.05, 0.1) is 5.41 Å². The van der Waals surface area contributed by atoms with Crippen LogP contribution in [0.25, 0.3) is 0 Å². The molecule has 3 heteroatoms. The fourth-order valence-electron chi connectivity index (χ4n) is 1.77. The number of Topliss-reactive ketones (excluding diaryl/α,β-unsaturated/α-hetero) is 1. The third-order valence-electron chi connectivity index (χ3n) is 2.68. The maximum atomic E-state index is 11.7. The number of para-hydroxylation sites is 1. The summed E-state index contributed by atoms with van der Waals surface area (Å²) in [4.78, 5) is 24.9. The molecule has 0 unspecified atom stereocenters. The molecule has 1 fully saturated rings. The van der Waals surface area contributed by atoms with Crippen LogP contribution in [0.2, 0.25) is 0 Å². The van der Waals surface area contributed by atoms with Gasteiger partial charge in [0.15, 0.2) is 0 Å². The van der Waals surface area contributed by atoms with Gasteiger partial charge in [-0.3, -0.25) is 9.59 Å². The Bertz CT molecular complexity index is 409. The summed E-state index contributed by atoms with van der Waals surface area (Å²) in [6.45, 7) is 4.07. The molecule has 1 aliphatic rings. The van der Waals surface area contributed by atoms with Crippen molar-refractivity contribution in [2.45, 2.75) is 13.8 Å². The molecule has 0 aliphatic carbocycles. The lowest BCUT2D eigenvalue weighted by Crippen LogP contribution is -2.26. The minimum absolute atomic E-state index is 0.300. The Morgan fingerprint density at radius 1 is 1.13 bits per heavy atom. The predicted molar refractivity (Wildman–Crippen MR) is 57.6 cm³/mol. The summed E-state index contributed by atoms with van der Waals surface area (Å²) in [6.07, 6.45) is 0. The van der Waals surface area contributed by atoms with Crippen LogP contribution >= 0.6 is 0 Å². The Morgan fingerprint density at radius 3 is 2.20 bits per heavy atom. The first-order valence-corrected chi connectivity index (χ1v) is 4.94. The van der Waals surface area contributed by atoms with Crippen LogP contribution in [0.4, 0.5) is 5.69 Å². The zero-order valence-corrected chi connectivity index (χ0v) is 8.86. The summed E-state index contributed by atoms with van der Waals surface area (Å²) in [5.41, 5.74) is 0.230. The Labute approximate surface area is 88.7 Å². The fraction of sp³-hybridized carbons (Fsp3) is 0.333. The van der Waals surface area contributed by atoms with Crippen molar-refractivity contribution in [2.24, 2.45) is 5.41 Å². The van der Waals surface area contributed by atoms with Crippen LogP contribution in [-0.4, -0.2) is 18.2 Å². The molecule has 1 aliphatic heterocycles. The van der Waals surface area contributed by atoms with E-state index in [0.29, 0.717) is 6.54 Å². The van der Waals surface area contributed by atoms with Gasteiger partial charge in [0, 0.05) is 12.2 Å². The molecule has 0 saturated carbocycles. The standard InChI is InChI=1S/C12H13NO2/c1-12(2)8-13(11(15)10(12)14)9-6-4-3-5-7-9/h3-7H,8H2,1-2H3. The Kier molecular flexibility index (Phi) is 2.11. The molecule has 78 valence electrons. The first-order valence-electron chi connectivity index (χ1n) is 4.94. The number of amides is 1. The van der Waals surface area contributed by atoms with Crippen LogP contribution in [0.15, 0.2) is 30.3 Å². The van der Waals surface area contributed by atoms with Crippen molar-refractivity contribution in [1.29, 1.82) is 0 Å². The zero-order valence-electron chi connectivity index (χ0n) is 8.86. The quantitative estimate of drug-likeness (QED) is 0.650. The van der Waals surface area contributed by atoms with Gasteiger partial charge in [0.2, 0.25) is 5.78 Å². The highest BCUT2D eigenvalue weighted by atomic mass is 16.2. The average Bonchev–Trinajstić information content (AvgIpc) is 2.44. The lowest BCUT2D eigenvalue weighted by atomic mass is 9.91. The largest absolute Gasteiger partial charge is 0.305 e. The number of carbonyl (C=O) groups is 2. The van der Waals surface area contributed by atoms with E-state index in [0.717, 1.165) is 5.69 Å². The SMILES string of the molecule is CC1(C)CN(c2ccccc2)C(=O)C1=O. The van der Waals surface area contributed by atoms with E-state index in [1.54, 1.807) is 18.7 Å². The van der Waals surface area contributed by atoms with Crippen LogP contribution < -0.4 is 4.90 Å². The molecular weight excluding hydrogens is 190 g/mol. The highest BCUT2D eigenvalue weighted by molar-refractivity contribution is 6.45. The smallest absolute Gasteiger partial charge is 0.295 e. The van der Waals surface area contributed by atoms with Crippen molar-refractivity contribution in [3.8, 4) is 0 Å². The molecule has 2 rings (SSSR count). The van der Waals surface area contributed by atoms with Crippen molar-refractivity contribution < 1.29 is 9.59 Å². The second-order valence-corrected chi connectivity index (χ2v) is 4.44. The number of hydrogen-bond donors (Lipinski definition) is 0. The summed E-state index contributed by atoms with van der Waals surface area (Å²) in [6, 6.07) is 9.28. The number of ketones is 1. The average molecular weight is 203 g/mol. The molecule has 0 radical (unpaired) electrons. The molecule has 1 amide bonds. The lowest BCUT2D eigenvalue weighted by molar-refractivity contribution is -0.137. The molecule has 1 aromatic rings. The normalized spacial score (nSPS) is 19.7. The van der Waals surface area contributed by atoms with Gasteiger partial charge in [0.25, 0.3) is 5.91 Å². The second kappa shape index (κ2) is 3.19. The number of carbonyl (C=O) groups excluding carboxylic acids is 2. The second-order valence-electron chi connectivity index (χ2n) is 4.44. The van der Waals surface area contributed by atoms with Gasteiger partial charge in [-0.05, 0) is 12.1 Å². The van der Waals surface area contributed by atoms with E-state index in [1.165, 1.54) is 0 Å². The molecule has 0 N–H and O–H groups in total. The van der Waals surface area contributed by atoms with Crippen molar-refractivity contribution in [2.75, 3.05) is 11.4 Å². The van der Waals surface area contributed by atoms with Crippen LogP contribution in [-0.2, 0) is 9.59 Å². The first kappa shape index (κ1) is 9.90. The minimum atomic E-state index is -0.563. The van der Waals surface area contributed by atoms with Crippen LogP contribution in [0, 0.1) is 5.41 Å². The van der Waals surface area contributed by atoms with Crippen molar-refractivity contribution >= 4 is 17.4 Å². The monoisotopic (exact) mass is 203 g/mol. The number of nitrogens with zero attached hydrogens (tertiary/aromatic N) is 1. The van der Waals surface area contributed by atoms with Crippen LogP contribution in [0.1, 0.15) is 13.8 Å². The molecule has 1 saturated heterocycles. The Morgan fingerprint density at radius 2 is 1.73 bits per heavy atom. The Balaban J connectivity index is 2.35. The van der Waals surface area contributed by atoms with Crippen molar-refractivity contribution in [3.05, 3.63) is 30.3 Å². The van der Waals surface area contributed by atoms with Gasteiger partial charge in [0.1, 0.15) is 0 Å². The van der Waals surface area contributed by atoms with Gasteiger partial charge >= 0.3 is 0 Å². The summed E-state index contributed by atoms with van der Waals surface area (Å²) in [5.74, 6) is -0.697. The van der Waals surface area contributed by atoms with Crippen molar-refractivity contribution in [3.63, 3.8) is 0 Å². The lowest BCUT2D eigenvalue weighted by Gasteiger charge is -2.17. The number of anilines is 1. The molecule has 15 heavy (non-hydrogen) atoms. The molecular formula is C12H13NO2. The number of hydrogen-bond acceptors (Lipinski definition) is 2. The predicted octanol–water partition coefficient (Wildman–Crippen LogP) is 1.63. The van der Waals surface area contributed by atoms with Gasteiger partial charge < -0.3 is 4.90 Å². The molecule has 0 bridgehead atoms. The maximum Gasteiger partial charge on any atom is 0.295 e.